The summed E-state index contributed by atoms with van der Waals surface area (Å²) in [5, 5.41) is 5.00. The standard InChI is InChI=1S/C15H9BrCl2N2O/c16-11-6-2-5-10(13(11)18)14-12(15(19)20-21-14)8-3-1-4-9(17)7-8/h1-7H,(H2,19,20). The van der Waals surface area contributed by atoms with Crippen LogP contribution in [0.2, 0.25) is 10.0 Å². The number of nitrogen functional groups attached to an aromatic ring is 1. The van der Waals surface area contributed by atoms with Crippen LogP contribution in [0.5, 0.6) is 0 Å². The van der Waals surface area contributed by atoms with E-state index in [9.17, 15) is 0 Å². The first-order valence-electron chi connectivity index (χ1n) is 6.03. The molecular formula is C15H9BrCl2N2O. The lowest BCUT2D eigenvalue weighted by Gasteiger charge is -2.06. The van der Waals surface area contributed by atoms with Gasteiger partial charge in [0.1, 0.15) is 0 Å². The van der Waals surface area contributed by atoms with Gasteiger partial charge in [0.25, 0.3) is 0 Å². The Labute approximate surface area is 139 Å². The molecule has 0 fully saturated rings. The molecule has 0 unspecified atom stereocenters. The largest absolute Gasteiger partial charge is 0.380 e. The van der Waals surface area contributed by atoms with Crippen molar-refractivity contribution in [3.63, 3.8) is 0 Å². The number of anilines is 1. The molecule has 0 bridgehead atoms. The van der Waals surface area contributed by atoms with Crippen molar-refractivity contribution in [2.75, 3.05) is 5.73 Å². The molecule has 0 aliphatic carbocycles. The second-order valence-corrected chi connectivity index (χ2v) is 6.05. The predicted molar refractivity (Wildman–Crippen MR) is 89.5 cm³/mol. The monoisotopic (exact) mass is 382 g/mol. The van der Waals surface area contributed by atoms with Crippen molar-refractivity contribution >= 4 is 44.9 Å². The Morgan fingerprint density at radius 2 is 1.86 bits per heavy atom. The van der Waals surface area contributed by atoms with Crippen LogP contribution >= 0.6 is 39.1 Å². The van der Waals surface area contributed by atoms with Gasteiger partial charge in [-0.05, 0) is 45.8 Å². The second kappa shape index (κ2) is 5.72. The Bertz CT molecular complexity index is 817. The van der Waals surface area contributed by atoms with E-state index in [1.165, 1.54) is 0 Å². The number of rotatable bonds is 2. The zero-order valence-electron chi connectivity index (χ0n) is 10.6. The van der Waals surface area contributed by atoms with E-state index in [1.807, 2.05) is 30.3 Å². The van der Waals surface area contributed by atoms with Crippen LogP contribution in [0.15, 0.2) is 51.5 Å². The maximum absolute atomic E-state index is 6.33. The summed E-state index contributed by atoms with van der Waals surface area (Å²) in [6.45, 7) is 0. The molecule has 106 valence electrons. The van der Waals surface area contributed by atoms with Gasteiger partial charge in [-0.25, -0.2) is 0 Å². The van der Waals surface area contributed by atoms with Gasteiger partial charge in [-0.1, -0.05) is 46.6 Å². The smallest absolute Gasteiger partial charge is 0.178 e. The molecule has 3 aromatic rings. The van der Waals surface area contributed by atoms with Gasteiger partial charge >= 0.3 is 0 Å². The van der Waals surface area contributed by atoms with E-state index in [-0.39, 0.29) is 0 Å². The Kier molecular flexibility index (Phi) is 3.93. The minimum atomic E-state index is 0.295. The number of hydrogen-bond donors (Lipinski definition) is 1. The maximum atomic E-state index is 6.33. The maximum Gasteiger partial charge on any atom is 0.178 e. The molecule has 21 heavy (non-hydrogen) atoms. The Morgan fingerprint density at radius 3 is 2.62 bits per heavy atom. The fraction of sp³-hybridized carbons (Fsp3) is 0. The number of benzene rings is 2. The molecule has 2 N–H and O–H groups in total. The van der Waals surface area contributed by atoms with Crippen LogP contribution in [0.4, 0.5) is 5.82 Å². The summed E-state index contributed by atoms with van der Waals surface area (Å²) >= 11 is 15.8. The number of aromatic nitrogens is 1. The molecule has 3 nitrogen and oxygen atoms in total. The molecule has 6 heteroatoms. The summed E-state index contributed by atoms with van der Waals surface area (Å²) in [6, 6.07) is 12.9. The average Bonchev–Trinajstić information content (AvgIpc) is 2.83. The number of nitrogens with zero attached hydrogens (tertiary/aromatic N) is 1. The molecule has 0 radical (unpaired) electrons. The molecule has 3 rings (SSSR count). The van der Waals surface area contributed by atoms with Gasteiger partial charge in [-0.2, -0.15) is 0 Å². The number of hydrogen-bond acceptors (Lipinski definition) is 3. The van der Waals surface area contributed by atoms with Crippen LogP contribution in [0.3, 0.4) is 0 Å². The minimum absolute atomic E-state index is 0.295. The normalized spacial score (nSPS) is 10.8. The van der Waals surface area contributed by atoms with Gasteiger partial charge in [0, 0.05) is 15.1 Å². The molecule has 0 spiro atoms. The predicted octanol–water partition coefficient (Wildman–Crippen LogP) is 5.66. The molecule has 0 aliphatic heterocycles. The van der Waals surface area contributed by atoms with E-state index >= 15 is 0 Å². The molecular weight excluding hydrogens is 375 g/mol. The third-order valence-electron chi connectivity index (χ3n) is 3.03. The second-order valence-electron chi connectivity index (χ2n) is 4.38. The van der Waals surface area contributed by atoms with E-state index in [0.717, 1.165) is 10.0 Å². The Hall–Kier alpha value is -1.49. The zero-order valence-corrected chi connectivity index (χ0v) is 13.7. The molecule has 0 saturated heterocycles. The van der Waals surface area contributed by atoms with Crippen molar-refractivity contribution in [1.29, 1.82) is 0 Å². The van der Waals surface area contributed by atoms with E-state index < -0.39 is 0 Å². The fourth-order valence-corrected chi connectivity index (χ4v) is 2.86. The van der Waals surface area contributed by atoms with Crippen molar-refractivity contribution in [2.24, 2.45) is 0 Å². The van der Waals surface area contributed by atoms with Crippen molar-refractivity contribution in [1.82, 2.24) is 5.16 Å². The highest BCUT2D eigenvalue weighted by atomic mass is 79.9. The van der Waals surface area contributed by atoms with E-state index in [2.05, 4.69) is 21.1 Å². The fourth-order valence-electron chi connectivity index (χ4n) is 2.09. The third-order valence-corrected chi connectivity index (χ3v) is 4.56. The van der Waals surface area contributed by atoms with Crippen molar-refractivity contribution in [2.45, 2.75) is 0 Å². The van der Waals surface area contributed by atoms with Crippen molar-refractivity contribution in [3.05, 3.63) is 57.0 Å². The van der Waals surface area contributed by atoms with Crippen molar-refractivity contribution in [3.8, 4) is 22.5 Å². The quantitative estimate of drug-likeness (QED) is 0.621. The lowest BCUT2D eigenvalue weighted by Crippen LogP contribution is -1.89. The first-order chi connectivity index (χ1) is 10.1. The van der Waals surface area contributed by atoms with Crippen LogP contribution in [-0.4, -0.2) is 5.16 Å². The molecule has 2 aromatic carbocycles. The lowest BCUT2D eigenvalue weighted by atomic mass is 10.0. The molecule has 0 atom stereocenters. The topological polar surface area (TPSA) is 52.0 Å². The van der Waals surface area contributed by atoms with Gasteiger partial charge in [-0.15, -0.1) is 0 Å². The van der Waals surface area contributed by atoms with Gasteiger partial charge in [-0.3, -0.25) is 0 Å². The number of halogens is 3. The summed E-state index contributed by atoms with van der Waals surface area (Å²) in [7, 11) is 0. The van der Waals surface area contributed by atoms with Crippen LogP contribution < -0.4 is 5.73 Å². The molecule has 0 amide bonds. The number of nitrogens with two attached hydrogens (primary N) is 1. The minimum Gasteiger partial charge on any atom is -0.380 e. The van der Waals surface area contributed by atoms with Crippen LogP contribution in [0.1, 0.15) is 0 Å². The first-order valence-corrected chi connectivity index (χ1v) is 7.58. The summed E-state index contributed by atoms with van der Waals surface area (Å²) in [6.07, 6.45) is 0. The summed E-state index contributed by atoms with van der Waals surface area (Å²) in [4.78, 5) is 0. The summed E-state index contributed by atoms with van der Waals surface area (Å²) in [5.74, 6) is 0.810. The van der Waals surface area contributed by atoms with Crippen LogP contribution in [0, 0.1) is 0 Å². The van der Waals surface area contributed by atoms with E-state index in [4.69, 9.17) is 33.5 Å². The van der Waals surface area contributed by atoms with Gasteiger partial charge < -0.3 is 10.3 Å². The van der Waals surface area contributed by atoms with Crippen LogP contribution in [-0.2, 0) is 0 Å². The molecule has 0 saturated carbocycles. The Morgan fingerprint density at radius 1 is 1.10 bits per heavy atom. The zero-order chi connectivity index (χ0) is 15.0. The van der Waals surface area contributed by atoms with Crippen molar-refractivity contribution < 1.29 is 4.52 Å². The van der Waals surface area contributed by atoms with Crippen LogP contribution in [0.25, 0.3) is 22.5 Å². The Balaban J connectivity index is 2.24. The molecule has 1 aromatic heterocycles. The average molecular weight is 384 g/mol. The molecule has 1 heterocycles. The molecule has 0 aliphatic rings. The lowest BCUT2D eigenvalue weighted by molar-refractivity contribution is 0.436. The summed E-state index contributed by atoms with van der Waals surface area (Å²) < 4.78 is 6.16. The summed E-state index contributed by atoms with van der Waals surface area (Å²) in [5.41, 5.74) is 8.16. The third kappa shape index (κ3) is 2.67. The first kappa shape index (κ1) is 14.4. The highest BCUT2D eigenvalue weighted by Crippen LogP contribution is 2.41. The van der Waals surface area contributed by atoms with Gasteiger partial charge in [0.2, 0.25) is 0 Å². The highest BCUT2D eigenvalue weighted by molar-refractivity contribution is 9.10. The highest BCUT2D eigenvalue weighted by Gasteiger charge is 2.20. The van der Waals surface area contributed by atoms with Gasteiger partial charge in [0.15, 0.2) is 11.6 Å². The van der Waals surface area contributed by atoms with Gasteiger partial charge in [0.05, 0.1) is 10.6 Å². The van der Waals surface area contributed by atoms with E-state index in [1.54, 1.807) is 12.1 Å². The van der Waals surface area contributed by atoms with E-state index in [0.29, 0.717) is 32.8 Å². The SMILES string of the molecule is Nc1noc(-c2cccc(Br)c2Cl)c1-c1cccc(Cl)c1.